The van der Waals surface area contributed by atoms with Crippen LogP contribution in [0.25, 0.3) is 0 Å². The van der Waals surface area contributed by atoms with Gasteiger partial charge < -0.3 is 14.7 Å². The number of hydrogen-bond acceptors (Lipinski definition) is 4. The Balaban J connectivity index is 1.61. The molecule has 1 fully saturated rings. The van der Waals surface area contributed by atoms with Crippen molar-refractivity contribution in [3.8, 4) is 0 Å². The number of carbonyl (C=O) groups excluding carboxylic acids is 2. The topological polar surface area (TPSA) is 79.2 Å². The van der Waals surface area contributed by atoms with E-state index in [-0.39, 0.29) is 30.3 Å². The van der Waals surface area contributed by atoms with E-state index in [1.165, 1.54) is 0 Å². The second-order valence-corrected chi connectivity index (χ2v) is 8.83. The summed E-state index contributed by atoms with van der Waals surface area (Å²) in [6.07, 6.45) is 3.45. The first kappa shape index (κ1) is 21.2. The number of fused-ring (bicyclic) bond motifs is 1. The van der Waals surface area contributed by atoms with Gasteiger partial charge in [0.1, 0.15) is 0 Å². The van der Waals surface area contributed by atoms with Gasteiger partial charge in [0.05, 0.1) is 29.7 Å². The Hall–Kier alpha value is -2.02. The normalized spacial score (nSPS) is 25.1. The van der Waals surface area contributed by atoms with Crippen LogP contribution in [0.15, 0.2) is 28.8 Å². The molecule has 1 aromatic carbocycles. The smallest absolute Gasteiger partial charge is 0.255 e. The Morgan fingerprint density at radius 3 is 2.80 bits per heavy atom. The van der Waals surface area contributed by atoms with Gasteiger partial charge in [-0.15, -0.1) is 0 Å². The van der Waals surface area contributed by atoms with E-state index in [9.17, 15) is 14.7 Å². The van der Waals surface area contributed by atoms with Crippen molar-refractivity contribution in [2.75, 3.05) is 32.9 Å². The molecule has 3 heterocycles. The Labute approximate surface area is 181 Å². The summed E-state index contributed by atoms with van der Waals surface area (Å²) >= 11 is 6.76. The van der Waals surface area contributed by atoms with Gasteiger partial charge >= 0.3 is 0 Å². The molecule has 7 heteroatoms. The molecular formula is C23H27ClN2O4. The molecule has 4 rings (SSSR count). The molecule has 3 aliphatic rings. The minimum atomic E-state index is -0.415. The van der Waals surface area contributed by atoms with Crippen LogP contribution in [0.1, 0.15) is 47.7 Å². The highest BCUT2D eigenvalue weighted by atomic mass is 35.5. The van der Waals surface area contributed by atoms with E-state index in [0.29, 0.717) is 49.0 Å². The maximum Gasteiger partial charge on any atom is 0.255 e. The third-order valence-electron chi connectivity index (χ3n) is 6.51. The van der Waals surface area contributed by atoms with Crippen molar-refractivity contribution >= 4 is 29.1 Å². The van der Waals surface area contributed by atoms with Crippen LogP contribution in [0.2, 0.25) is 5.02 Å². The molecule has 3 aliphatic heterocycles. The van der Waals surface area contributed by atoms with Gasteiger partial charge in [-0.25, -0.2) is 4.99 Å². The van der Waals surface area contributed by atoms with Gasteiger partial charge in [-0.05, 0) is 49.8 Å². The van der Waals surface area contributed by atoms with Crippen molar-refractivity contribution in [2.45, 2.75) is 32.6 Å². The summed E-state index contributed by atoms with van der Waals surface area (Å²) in [4.78, 5) is 31.5. The highest BCUT2D eigenvalue weighted by molar-refractivity contribution is 6.35. The summed E-state index contributed by atoms with van der Waals surface area (Å²) in [7, 11) is 0. The predicted molar refractivity (Wildman–Crippen MR) is 115 cm³/mol. The summed E-state index contributed by atoms with van der Waals surface area (Å²) in [6.45, 7) is 5.78. The van der Waals surface area contributed by atoms with Gasteiger partial charge in [0, 0.05) is 31.3 Å². The van der Waals surface area contributed by atoms with Crippen LogP contribution in [-0.2, 0) is 16.0 Å². The van der Waals surface area contributed by atoms with Gasteiger partial charge in [-0.3, -0.25) is 9.59 Å². The van der Waals surface area contributed by atoms with Crippen LogP contribution in [-0.4, -0.2) is 60.4 Å². The van der Waals surface area contributed by atoms with E-state index in [0.717, 1.165) is 23.1 Å². The van der Waals surface area contributed by atoms with Crippen molar-refractivity contribution in [3.63, 3.8) is 0 Å². The molecule has 0 spiro atoms. The van der Waals surface area contributed by atoms with Gasteiger partial charge in [0.25, 0.3) is 11.8 Å². The molecule has 1 saturated heterocycles. The van der Waals surface area contributed by atoms with E-state index < -0.39 is 5.92 Å². The molecule has 0 aliphatic carbocycles. The molecule has 0 radical (unpaired) electrons. The molecular weight excluding hydrogens is 404 g/mol. The minimum absolute atomic E-state index is 0.0393. The molecule has 1 N–H and O–H groups in total. The number of aliphatic hydroxyl groups excluding tert-OH is 1. The molecule has 2 amide bonds. The van der Waals surface area contributed by atoms with Gasteiger partial charge in [-0.2, -0.15) is 0 Å². The standard InChI is InChI=1S/C23H27ClN2O4/c1-13-9-14(2)25-22(28)18(13)10-26-7-5-15-3-4-17(21(24)20(15)23(26)29)19(11-27)16-6-8-30-12-16/h3-4,9,16,18-19,27H,5-8,10-12H2,1-2H3/t16-,18?,19-/m1/s1. The lowest BCUT2D eigenvalue weighted by atomic mass is 9.83. The van der Waals surface area contributed by atoms with Crippen LogP contribution in [0.5, 0.6) is 0 Å². The first-order valence-corrected chi connectivity index (χ1v) is 10.8. The number of rotatable bonds is 5. The number of amides is 2. The van der Waals surface area contributed by atoms with E-state index in [1.807, 2.05) is 25.1 Å². The number of allylic oxidation sites excluding steroid dienone is 1. The average Bonchev–Trinajstić information content (AvgIpc) is 3.22. The second kappa shape index (κ2) is 8.61. The molecule has 6 nitrogen and oxygen atoms in total. The van der Waals surface area contributed by atoms with E-state index in [4.69, 9.17) is 16.3 Å². The number of hydrogen-bond donors (Lipinski definition) is 1. The number of dihydropyridines is 1. The second-order valence-electron chi connectivity index (χ2n) is 8.45. The Morgan fingerprint density at radius 2 is 2.13 bits per heavy atom. The molecule has 0 aromatic heterocycles. The Bertz CT molecular complexity index is 933. The summed E-state index contributed by atoms with van der Waals surface area (Å²) in [5.41, 5.74) is 3.84. The molecule has 3 atom stereocenters. The van der Waals surface area contributed by atoms with Crippen LogP contribution >= 0.6 is 11.6 Å². The average molecular weight is 431 g/mol. The van der Waals surface area contributed by atoms with Crippen LogP contribution in [0, 0.1) is 11.8 Å². The van der Waals surface area contributed by atoms with Crippen LogP contribution in [0.3, 0.4) is 0 Å². The first-order valence-electron chi connectivity index (χ1n) is 10.5. The summed E-state index contributed by atoms with van der Waals surface area (Å²) in [5, 5.41) is 10.4. The molecule has 0 bridgehead atoms. The number of carbonyl (C=O) groups is 2. The highest BCUT2D eigenvalue weighted by Gasteiger charge is 2.35. The number of halogens is 1. The first-order chi connectivity index (χ1) is 14.4. The van der Waals surface area contributed by atoms with Gasteiger partial charge in [-0.1, -0.05) is 29.3 Å². The lowest BCUT2D eigenvalue weighted by molar-refractivity contribution is -0.120. The quantitative estimate of drug-likeness (QED) is 0.778. The zero-order valence-corrected chi connectivity index (χ0v) is 18.1. The number of aliphatic hydroxyl groups is 1. The Kier molecular flexibility index (Phi) is 6.09. The van der Waals surface area contributed by atoms with Crippen molar-refractivity contribution in [2.24, 2.45) is 16.8 Å². The molecule has 30 heavy (non-hydrogen) atoms. The zero-order valence-electron chi connectivity index (χ0n) is 17.4. The van der Waals surface area contributed by atoms with Crippen molar-refractivity contribution in [3.05, 3.63) is 45.5 Å². The van der Waals surface area contributed by atoms with E-state index in [1.54, 1.807) is 11.8 Å². The van der Waals surface area contributed by atoms with Crippen molar-refractivity contribution in [1.82, 2.24) is 4.90 Å². The van der Waals surface area contributed by atoms with E-state index in [2.05, 4.69) is 4.99 Å². The largest absolute Gasteiger partial charge is 0.396 e. The van der Waals surface area contributed by atoms with Gasteiger partial charge in [0.15, 0.2) is 0 Å². The SMILES string of the molecule is CC1=CC(C)=NC(=O)C1CN1CCc2ccc([C@H](CO)[C@@H]3CCOC3)c(Cl)c2C1=O. The summed E-state index contributed by atoms with van der Waals surface area (Å²) < 4.78 is 5.49. The highest BCUT2D eigenvalue weighted by Crippen LogP contribution is 2.39. The summed E-state index contributed by atoms with van der Waals surface area (Å²) in [6, 6.07) is 3.90. The van der Waals surface area contributed by atoms with Crippen molar-refractivity contribution < 1.29 is 19.4 Å². The monoisotopic (exact) mass is 430 g/mol. The maximum atomic E-state index is 13.4. The fourth-order valence-electron chi connectivity index (χ4n) is 4.77. The molecule has 0 saturated carbocycles. The third-order valence-corrected chi connectivity index (χ3v) is 6.92. The number of benzene rings is 1. The van der Waals surface area contributed by atoms with Crippen LogP contribution in [0.4, 0.5) is 0 Å². The predicted octanol–water partition coefficient (Wildman–Crippen LogP) is 3.01. The van der Waals surface area contributed by atoms with E-state index >= 15 is 0 Å². The minimum Gasteiger partial charge on any atom is -0.396 e. The number of nitrogens with zero attached hydrogens (tertiary/aromatic N) is 2. The summed E-state index contributed by atoms with van der Waals surface area (Å²) in [5.74, 6) is -0.742. The fourth-order valence-corrected chi connectivity index (χ4v) is 5.18. The number of ether oxygens (including phenoxy) is 1. The third kappa shape index (κ3) is 3.84. The lowest BCUT2D eigenvalue weighted by Crippen LogP contribution is -2.43. The van der Waals surface area contributed by atoms with Gasteiger partial charge in [0.2, 0.25) is 0 Å². The molecule has 1 unspecified atom stereocenters. The Morgan fingerprint density at radius 1 is 1.33 bits per heavy atom. The molecule has 160 valence electrons. The molecule has 1 aromatic rings. The van der Waals surface area contributed by atoms with Crippen molar-refractivity contribution in [1.29, 1.82) is 0 Å². The fraction of sp³-hybridized carbons (Fsp3) is 0.522. The lowest BCUT2D eigenvalue weighted by Gasteiger charge is -2.33. The number of aliphatic imine (C=N–C) groups is 1. The zero-order chi connectivity index (χ0) is 21.4. The van der Waals surface area contributed by atoms with Crippen LogP contribution < -0.4 is 0 Å². The maximum absolute atomic E-state index is 13.4.